The number of benzene rings is 1. The van der Waals surface area contributed by atoms with Crippen LogP contribution in [0.25, 0.3) is 0 Å². The third-order valence-corrected chi connectivity index (χ3v) is 3.34. The third kappa shape index (κ3) is 5.03. The number of hydrogen-bond donors (Lipinski definition) is 2. The van der Waals surface area contributed by atoms with Crippen molar-refractivity contribution in [2.24, 2.45) is 0 Å². The number of rotatable bonds is 6. The molecule has 9 heteroatoms. The molecular weight excluding hydrogens is 351 g/mol. The Bertz CT molecular complexity index is 794. The number of methoxy groups -OCH3 is 1. The summed E-state index contributed by atoms with van der Waals surface area (Å²) in [4.78, 5) is 28.0. The van der Waals surface area contributed by atoms with Gasteiger partial charge in [-0.25, -0.2) is 0 Å². The van der Waals surface area contributed by atoms with Crippen LogP contribution in [0.5, 0.6) is 0 Å². The molecule has 2 rings (SSSR count). The number of ether oxygens (including phenoxy) is 1. The molecule has 0 bridgehead atoms. The highest BCUT2D eigenvalue weighted by Crippen LogP contribution is 2.34. The second-order valence-electron chi connectivity index (χ2n) is 5.21. The SMILES string of the molecule is COCCNC(=O)c1cncc(C(=O)Nc2ccccc2C(F)(F)F)c1. The van der Waals surface area contributed by atoms with E-state index in [1.165, 1.54) is 31.5 Å². The monoisotopic (exact) mass is 367 g/mol. The van der Waals surface area contributed by atoms with Gasteiger partial charge < -0.3 is 15.4 Å². The first kappa shape index (κ1) is 19.4. The summed E-state index contributed by atoms with van der Waals surface area (Å²) in [7, 11) is 1.48. The summed E-state index contributed by atoms with van der Waals surface area (Å²) in [5.41, 5.74) is -1.27. The fourth-order valence-electron chi connectivity index (χ4n) is 2.09. The van der Waals surface area contributed by atoms with Gasteiger partial charge in [-0.15, -0.1) is 0 Å². The maximum atomic E-state index is 13.0. The van der Waals surface area contributed by atoms with Crippen LogP contribution in [0.1, 0.15) is 26.3 Å². The second kappa shape index (κ2) is 8.43. The van der Waals surface area contributed by atoms with E-state index in [2.05, 4.69) is 15.6 Å². The highest BCUT2D eigenvalue weighted by atomic mass is 19.4. The molecule has 2 aromatic rings. The number of para-hydroxylation sites is 1. The van der Waals surface area contributed by atoms with E-state index in [0.717, 1.165) is 18.3 Å². The molecule has 1 aromatic carbocycles. The van der Waals surface area contributed by atoms with Crippen LogP contribution in [0.15, 0.2) is 42.7 Å². The zero-order chi connectivity index (χ0) is 19.2. The Labute approximate surface area is 147 Å². The Morgan fingerprint density at radius 3 is 2.42 bits per heavy atom. The number of anilines is 1. The van der Waals surface area contributed by atoms with Crippen molar-refractivity contribution in [2.45, 2.75) is 6.18 Å². The fraction of sp³-hybridized carbons (Fsp3) is 0.235. The number of nitrogens with zero attached hydrogens (tertiary/aromatic N) is 1. The normalized spacial score (nSPS) is 11.1. The van der Waals surface area contributed by atoms with Crippen molar-refractivity contribution in [1.29, 1.82) is 0 Å². The van der Waals surface area contributed by atoms with Crippen LogP contribution < -0.4 is 10.6 Å². The van der Waals surface area contributed by atoms with E-state index in [0.29, 0.717) is 6.61 Å². The molecule has 0 spiro atoms. The lowest BCUT2D eigenvalue weighted by molar-refractivity contribution is -0.136. The molecule has 138 valence electrons. The van der Waals surface area contributed by atoms with Crippen LogP contribution in [0.3, 0.4) is 0 Å². The van der Waals surface area contributed by atoms with Gasteiger partial charge in [0.1, 0.15) is 0 Å². The van der Waals surface area contributed by atoms with Gasteiger partial charge in [-0.3, -0.25) is 14.6 Å². The molecule has 2 amide bonds. The van der Waals surface area contributed by atoms with Crippen molar-refractivity contribution < 1.29 is 27.5 Å². The highest BCUT2D eigenvalue weighted by molar-refractivity contribution is 6.06. The summed E-state index contributed by atoms with van der Waals surface area (Å²) in [5.74, 6) is -1.28. The number of aromatic nitrogens is 1. The topological polar surface area (TPSA) is 80.3 Å². The average molecular weight is 367 g/mol. The minimum Gasteiger partial charge on any atom is -0.383 e. The minimum atomic E-state index is -4.61. The summed E-state index contributed by atoms with van der Waals surface area (Å²) in [6, 6.07) is 5.87. The van der Waals surface area contributed by atoms with E-state index in [4.69, 9.17) is 4.74 Å². The quantitative estimate of drug-likeness (QED) is 0.770. The molecule has 0 aliphatic rings. The summed E-state index contributed by atoms with van der Waals surface area (Å²) in [6.07, 6.45) is -2.19. The molecule has 0 saturated carbocycles. The average Bonchev–Trinajstić information content (AvgIpc) is 2.61. The highest BCUT2D eigenvalue weighted by Gasteiger charge is 2.33. The van der Waals surface area contributed by atoms with Gasteiger partial charge in [0, 0.05) is 26.0 Å². The zero-order valence-corrected chi connectivity index (χ0v) is 13.8. The predicted octanol–water partition coefficient (Wildman–Crippen LogP) is 2.73. The van der Waals surface area contributed by atoms with Gasteiger partial charge in [0.2, 0.25) is 0 Å². The largest absolute Gasteiger partial charge is 0.418 e. The first-order chi connectivity index (χ1) is 12.3. The van der Waals surface area contributed by atoms with Gasteiger partial charge in [0.25, 0.3) is 11.8 Å². The summed E-state index contributed by atoms with van der Waals surface area (Å²) >= 11 is 0. The number of amides is 2. The van der Waals surface area contributed by atoms with E-state index >= 15 is 0 Å². The maximum Gasteiger partial charge on any atom is 0.418 e. The van der Waals surface area contributed by atoms with Gasteiger partial charge in [0.15, 0.2) is 0 Å². The van der Waals surface area contributed by atoms with E-state index in [1.54, 1.807) is 0 Å². The molecule has 1 aromatic heterocycles. The molecule has 1 heterocycles. The number of carbonyl (C=O) groups is 2. The van der Waals surface area contributed by atoms with Crippen LogP contribution >= 0.6 is 0 Å². The number of halogens is 3. The van der Waals surface area contributed by atoms with Crippen LogP contribution in [-0.4, -0.2) is 37.1 Å². The molecule has 0 aliphatic heterocycles. The van der Waals surface area contributed by atoms with E-state index in [9.17, 15) is 22.8 Å². The summed E-state index contributed by atoms with van der Waals surface area (Å²) in [6.45, 7) is 0.582. The standard InChI is InChI=1S/C17H16F3N3O3/c1-26-7-6-22-15(24)11-8-12(10-21-9-11)16(25)23-14-5-3-2-4-13(14)17(18,19)20/h2-5,8-10H,6-7H2,1H3,(H,22,24)(H,23,25). The number of carbonyl (C=O) groups excluding carboxylic acids is 2. The molecular formula is C17H16F3N3O3. The second-order valence-corrected chi connectivity index (χ2v) is 5.21. The Hall–Kier alpha value is -2.94. The van der Waals surface area contributed by atoms with Crippen molar-refractivity contribution in [3.63, 3.8) is 0 Å². The molecule has 0 atom stereocenters. The van der Waals surface area contributed by atoms with Gasteiger partial charge in [-0.1, -0.05) is 12.1 Å². The molecule has 2 N–H and O–H groups in total. The van der Waals surface area contributed by atoms with E-state index in [1.807, 2.05) is 0 Å². The number of pyridine rings is 1. The molecule has 0 aliphatic carbocycles. The lowest BCUT2D eigenvalue weighted by Gasteiger charge is -2.13. The lowest BCUT2D eigenvalue weighted by Crippen LogP contribution is -2.27. The molecule has 0 unspecified atom stereocenters. The lowest BCUT2D eigenvalue weighted by atomic mass is 10.1. The van der Waals surface area contributed by atoms with Gasteiger partial charge >= 0.3 is 6.18 Å². The van der Waals surface area contributed by atoms with Crippen molar-refractivity contribution >= 4 is 17.5 Å². The zero-order valence-electron chi connectivity index (χ0n) is 13.8. The maximum absolute atomic E-state index is 13.0. The Morgan fingerprint density at radius 2 is 1.77 bits per heavy atom. The smallest absolute Gasteiger partial charge is 0.383 e. The molecule has 6 nitrogen and oxygen atoms in total. The van der Waals surface area contributed by atoms with E-state index < -0.39 is 23.6 Å². The van der Waals surface area contributed by atoms with Crippen LogP contribution in [0, 0.1) is 0 Å². The van der Waals surface area contributed by atoms with Gasteiger partial charge in [0.05, 0.1) is 29.0 Å². The van der Waals surface area contributed by atoms with Crippen LogP contribution in [0.2, 0.25) is 0 Å². The summed E-state index contributed by atoms with van der Waals surface area (Å²) in [5, 5.41) is 4.76. The molecule has 26 heavy (non-hydrogen) atoms. The van der Waals surface area contributed by atoms with Crippen LogP contribution in [0.4, 0.5) is 18.9 Å². The first-order valence-electron chi connectivity index (χ1n) is 7.52. The molecule has 0 radical (unpaired) electrons. The molecule has 0 fully saturated rings. The van der Waals surface area contributed by atoms with Gasteiger partial charge in [-0.05, 0) is 18.2 Å². The Morgan fingerprint density at radius 1 is 1.12 bits per heavy atom. The molecule has 0 saturated heterocycles. The van der Waals surface area contributed by atoms with Crippen molar-refractivity contribution in [3.8, 4) is 0 Å². The minimum absolute atomic E-state index is 0.0404. The van der Waals surface area contributed by atoms with Crippen molar-refractivity contribution in [1.82, 2.24) is 10.3 Å². The van der Waals surface area contributed by atoms with Crippen molar-refractivity contribution in [2.75, 3.05) is 25.6 Å². The van der Waals surface area contributed by atoms with Crippen LogP contribution in [-0.2, 0) is 10.9 Å². The number of nitrogens with one attached hydrogen (secondary N) is 2. The Kier molecular flexibility index (Phi) is 6.29. The first-order valence-corrected chi connectivity index (χ1v) is 7.52. The Balaban J connectivity index is 2.16. The third-order valence-electron chi connectivity index (χ3n) is 3.34. The van der Waals surface area contributed by atoms with E-state index in [-0.39, 0.29) is 23.4 Å². The fourth-order valence-corrected chi connectivity index (χ4v) is 2.09. The number of alkyl halides is 3. The number of hydrogen-bond acceptors (Lipinski definition) is 4. The predicted molar refractivity (Wildman–Crippen MR) is 87.8 cm³/mol. The summed E-state index contributed by atoms with van der Waals surface area (Å²) < 4.78 is 43.8. The van der Waals surface area contributed by atoms with Crippen molar-refractivity contribution in [3.05, 3.63) is 59.4 Å². The van der Waals surface area contributed by atoms with Gasteiger partial charge in [-0.2, -0.15) is 13.2 Å².